The van der Waals surface area contributed by atoms with E-state index in [4.69, 9.17) is 0 Å². The fraction of sp³-hybridized carbons (Fsp3) is 0. The van der Waals surface area contributed by atoms with Crippen LogP contribution in [0.3, 0.4) is 0 Å². The van der Waals surface area contributed by atoms with E-state index in [1.54, 1.807) is 12.3 Å². The Bertz CT molecular complexity index is 1170. The number of hydrogen-bond donors (Lipinski definition) is 1. The molecule has 4 rings (SSSR count). The van der Waals surface area contributed by atoms with Crippen LogP contribution in [-0.4, -0.2) is 19.5 Å². The summed E-state index contributed by atoms with van der Waals surface area (Å²) in [4.78, 5) is 36.1. The van der Waals surface area contributed by atoms with Crippen molar-refractivity contribution in [3.63, 3.8) is 0 Å². The molecule has 0 aliphatic rings. The first-order valence-electron chi connectivity index (χ1n) is 6.79. The lowest BCUT2D eigenvalue weighted by molar-refractivity contribution is 0.896. The monoisotopic (exact) mass is 368 g/mol. The molecule has 0 aliphatic heterocycles. The topological polar surface area (TPSA) is 80.6 Å². The van der Waals surface area contributed by atoms with Crippen molar-refractivity contribution in [1.29, 1.82) is 0 Å². The van der Waals surface area contributed by atoms with Crippen molar-refractivity contribution in [2.24, 2.45) is 0 Å². The van der Waals surface area contributed by atoms with Crippen molar-refractivity contribution < 1.29 is 0 Å². The summed E-state index contributed by atoms with van der Waals surface area (Å²) in [7, 11) is 0. The number of fused-ring (bicyclic) bond motifs is 2. The number of aromatic amines is 1. The predicted octanol–water partition coefficient (Wildman–Crippen LogP) is 2.38. The number of H-pyrrole nitrogens is 1. The number of aromatic nitrogens is 4. The number of halogens is 1. The van der Waals surface area contributed by atoms with Gasteiger partial charge < -0.3 is 4.98 Å². The maximum absolute atomic E-state index is 12.7. The third kappa shape index (κ3) is 2.17. The highest BCUT2D eigenvalue weighted by Crippen LogP contribution is 2.19. The van der Waals surface area contributed by atoms with E-state index in [-0.39, 0.29) is 5.52 Å². The van der Waals surface area contributed by atoms with Gasteiger partial charge in [0.25, 0.3) is 5.56 Å². The lowest BCUT2D eigenvalue weighted by atomic mass is 10.1. The molecule has 0 aliphatic carbocycles. The van der Waals surface area contributed by atoms with E-state index < -0.39 is 11.2 Å². The van der Waals surface area contributed by atoms with E-state index in [9.17, 15) is 9.59 Å². The molecule has 7 heteroatoms. The van der Waals surface area contributed by atoms with E-state index in [1.165, 1.54) is 12.4 Å². The Morgan fingerprint density at radius 2 is 1.91 bits per heavy atom. The summed E-state index contributed by atoms with van der Waals surface area (Å²) in [6.45, 7) is 0. The van der Waals surface area contributed by atoms with Crippen molar-refractivity contribution in [2.45, 2.75) is 0 Å². The van der Waals surface area contributed by atoms with Crippen LogP contribution in [0.5, 0.6) is 0 Å². The quantitative estimate of drug-likeness (QED) is 0.559. The Hall–Kier alpha value is -2.80. The number of rotatable bonds is 1. The molecule has 1 N–H and O–H groups in total. The predicted molar refractivity (Wildman–Crippen MR) is 91.0 cm³/mol. The molecular formula is C16H9BrN4O2. The minimum Gasteiger partial charge on any atom is -0.305 e. The SMILES string of the molecule is O=c1[nH]c2cc(Br)cnc2c(=O)n1-c1cncc2ccccc12. The zero-order valence-corrected chi connectivity index (χ0v) is 13.2. The largest absolute Gasteiger partial charge is 0.333 e. The minimum absolute atomic E-state index is 0.195. The second-order valence-electron chi connectivity index (χ2n) is 5.00. The van der Waals surface area contributed by atoms with Gasteiger partial charge in [0, 0.05) is 27.6 Å². The number of benzene rings is 1. The van der Waals surface area contributed by atoms with E-state index in [0.29, 0.717) is 15.7 Å². The number of nitrogens with zero attached hydrogens (tertiary/aromatic N) is 3. The third-order valence-corrected chi connectivity index (χ3v) is 4.03. The fourth-order valence-electron chi connectivity index (χ4n) is 2.57. The second-order valence-corrected chi connectivity index (χ2v) is 5.92. The average Bonchev–Trinajstić information content (AvgIpc) is 2.54. The lowest BCUT2D eigenvalue weighted by Gasteiger charge is -2.08. The summed E-state index contributed by atoms with van der Waals surface area (Å²) >= 11 is 3.27. The molecule has 4 aromatic rings. The van der Waals surface area contributed by atoms with Crippen molar-refractivity contribution in [3.8, 4) is 5.69 Å². The molecule has 0 spiro atoms. The van der Waals surface area contributed by atoms with Crippen LogP contribution in [-0.2, 0) is 0 Å². The highest BCUT2D eigenvalue weighted by Gasteiger charge is 2.13. The fourth-order valence-corrected chi connectivity index (χ4v) is 2.90. The zero-order valence-electron chi connectivity index (χ0n) is 11.7. The van der Waals surface area contributed by atoms with Gasteiger partial charge in [-0.2, -0.15) is 0 Å². The van der Waals surface area contributed by atoms with Gasteiger partial charge in [-0.05, 0) is 22.0 Å². The summed E-state index contributed by atoms with van der Waals surface area (Å²) in [5.41, 5.74) is 0.00970. The Morgan fingerprint density at radius 3 is 2.78 bits per heavy atom. The molecule has 6 nitrogen and oxygen atoms in total. The standard InChI is InChI=1S/C16H9BrN4O2/c17-10-5-12-14(19-7-10)15(22)21(16(23)20-12)13-8-18-6-9-3-1-2-4-11(9)13/h1-8H,(H,20,23). The zero-order chi connectivity index (χ0) is 16.0. The molecule has 0 saturated carbocycles. The molecule has 0 saturated heterocycles. The first kappa shape index (κ1) is 13.8. The number of nitrogens with one attached hydrogen (secondary N) is 1. The summed E-state index contributed by atoms with van der Waals surface area (Å²) in [5.74, 6) is 0. The first-order chi connectivity index (χ1) is 11.1. The van der Waals surface area contributed by atoms with Crippen molar-refractivity contribution in [3.05, 3.63) is 74.2 Å². The van der Waals surface area contributed by atoms with Crippen LogP contribution < -0.4 is 11.2 Å². The summed E-state index contributed by atoms with van der Waals surface area (Å²) in [6.07, 6.45) is 4.71. The third-order valence-electron chi connectivity index (χ3n) is 3.59. The Labute approximate surface area is 137 Å². The average molecular weight is 369 g/mol. The van der Waals surface area contributed by atoms with Gasteiger partial charge in [-0.25, -0.2) is 14.3 Å². The minimum atomic E-state index is -0.527. The van der Waals surface area contributed by atoms with Crippen LogP contribution in [0.4, 0.5) is 0 Å². The van der Waals surface area contributed by atoms with Crippen molar-refractivity contribution in [1.82, 2.24) is 19.5 Å². The van der Waals surface area contributed by atoms with E-state index in [1.807, 2.05) is 24.3 Å². The molecule has 0 unspecified atom stereocenters. The smallest absolute Gasteiger partial charge is 0.305 e. The Balaban J connectivity index is 2.15. The van der Waals surface area contributed by atoms with E-state index in [0.717, 1.165) is 15.3 Å². The van der Waals surface area contributed by atoms with Crippen LogP contribution in [0, 0.1) is 0 Å². The molecular weight excluding hydrogens is 360 g/mol. The Kier molecular flexibility index (Phi) is 3.09. The normalized spacial score (nSPS) is 11.2. The van der Waals surface area contributed by atoms with E-state index >= 15 is 0 Å². The van der Waals surface area contributed by atoms with Gasteiger partial charge in [-0.1, -0.05) is 24.3 Å². The lowest BCUT2D eigenvalue weighted by Crippen LogP contribution is -2.34. The molecule has 0 radical (unpaired) electrons. The molecule has 3 aromatic heterocycles. The second kappa shape index (κ2) is 5.13. The number of hydrogen-bond acceptors (Lipinski definition) is 4. The maximum atomic E-state index is 12.7. The van der Waals surface area contributed by atoms with Gasteiger partial charge in [-0.15, -0.1) is 0 Å². The molecule has 0 atom stereocenters. The molecule has 0 amide bonds. The maximum Gasteiger partial charge on any atom is 0.333 e. The van der Waals surface area contributed by atoms with Gasteiger partial charge in [0.2, 0.25) is 0 Å². The van der Waals surface area contributed by atoms with Gasteiger partial charge in [0.15, 0.2) is 5.52 Å². The van der Waals surface area contributed by atoms with Gasteiger partial charge in [0.1, 0.15) is 0 Å². The summed E-state index contributed by atoms with van der Waals surface area (Å²) in [5, 5.41) is 1.62. The molecule has 0 fully saturated rings. The Morgan fingerprint density at radius 1 is 1.09 bits per heavy atom. The van der Waals surface area contributed by atoms with Crippen LogP contribution >= 0.6 is 15.9 Å². The highest BCUT2D eigenvalue weighted by atomic mass is 79.9. The molecule has 23 heavy (non-hydrogen) atoms. The summed E-state index contributed by atoms with van der Waals surface area (Å²) in [6, 6.07) is 9.09. The molecule has 0 bridgehead atoms. The van der Waals surface area contributed by atoms with Gasteiger partial charge in [-0.3, -0.25) is 9.78 Å². The van der Waals surface area contributed by atoms with Crippen LogP contribution in [0.2, 0.25) is 0 Å². The molecule has 3 heterocycles. The van der Waals surface area contributed by atoms with Crippen molar-refractivity contribution >= 4 is 37.7 Å². The summed E-state index contributed by atoms with van der Waals surface area (Å²) < 4.78 is 1.75. The van der Waals surface area contributed by atoms with Gasteiger partial charge >= 0.3 is 5.69 Å². The number of pyridine rings is 2. The van der Waals surface area contributed by atoms with Crippen LogP contribution in [0.25, 0.3) is 27.5 Å². The van der Waals surface area contributed by atoms with Crippen molar-refractivity contribution in [2.75, 3.05) is 0 Å². The van der Waals surface area contributed by atoms with E-state index in [2.05, 4.69) is 30.9 Å². The first-order valence-corrected chi connectivity index (χ1v) is 7.58. The van der Waals surface area contributed by atoms with Crippen LogP contribution in [0.1, 0.15) is 0 Å². The molecule has 1 aromatic carbocycles. The van der Waals surface area contributed by atoms with Gasteiger partial charge in [0.05, 0.1) is 17.4 Å². The highest BCUT2D eigenvalue weighted by molar-refractivity contribution is 9.10. The molecule has 112 valence electrons. The van der Waals surface area contributed by atoms with Crippen LogP contribution in [0.15, 0.2) is 63.0 Å².